The molecule has 0 bridgehead atoms. The molecule has 0 radical (unpaired) electrons. The topological polar surface area (TPSA) is 61.4 Å². The number of aryl methyl sites for hydroxylation is 1. The Labute approximate surface area is 114 Å². The summed E-state index contributed by atoms with van der Waals surface area (Å²) in [7, 11) is 0. The van der Waals surface area contributed by atoms with Crippen molar-refractivity contribution in [2.75, 3.05) is 19.6 Å². The first-order chi connectivity index (χ1) is 9.18. The summed E-state index contributed by atoms with van der Waals surface area (Å²) >= 11 is 0. The van der Waals surface area contributed by atoms with Gasteiger partial charge in [-0.3, -0.25) is 4.79 Å². The second-order valence-electron chi connectivity index (χ2n) is 5.23. The Morgan fingerprint density at radius 3 is 3.11 bits per heavy atom. The lowest BCUT2D eigenvalue weighted by Gasteiger charge is -2.22. The Hall–Kier alpha value is -1.55. The second-order valence-corrected chi connectivity index (χ2v) is 5.23. The molecule has 1 aliphatic rings. The maximum Gasteiger partial charge on any atom is 0.255 e. The Morgan fingerprint density at radius 2 is 2.37 bits per heavy atom. The van der Waals surface area contributed by atoms with Gasteiger partial charge in [0, 0.05) is 6.54 Å². The van der Waals surface area contributed by atoms with Crippen LogP contribution in [0, 0.1) is 12.8 Å². The van der Waals surface area contributed by atoms with Gasteiger partial charge in [0.2, 0.25) is 0 Å². The van der Waals surface area contributed by atoms with Crippen molar-refractivity contribution in [3.05, 3.63) is 29.3 Å². The second kappa shape index (κ2) is 6.57. The van der Waals surface area contributed by atoms with Gasteiger partial charge in [-0.25, -0.2) is 0 Å². The third-order valence-electron chi connectivity index (χ3n) is 3.72. The van der Waals surface area contributed by atoms with E-state index < -0.39 is 0 Å². The zero-order chi connectivity index (χ0) is 13.7. The van der Waals surface area contributed by atoms with E-state index in [4.69, 9.17) is 0 Å². The number of carbonyl (C=O) groups excluding carboxylic acids is 1. The number of hydrogen-bond donors (Lipinski definition) is 3. The number of carbonyl (C=O) groups is 1. The third-order valence-corrected chi connectivity index (χ3v) is 3.72. The maximum atomic E-state index is 12.0. The molecule has 0 saturated carbocycles. The highest BCUT2D eigenvalue weighted by Gasteiger charge is 2.15. The monoisotopic (exact) mass is 262 g/mol. The molecule has 1 fully saturated rings. The first kappa shape index (κ1) is 13.9. The van der Waals surface area contributed by atoms with E-state index in [-0.39, 0.29) is 11.7 Å². The minimum Gasteiger partial charge on any atom is -0.507 e. The summed E-state index contributed by atoms with van der Waals surface area (Å²) in [5, 5.41) is 16.1. The van der Waals surface area contributed by atoms with Crippen LogP contribution >= 0.6 is 0 Å². The lowest BCUT2D eigenvalue weighted by molar-refractivity contribution is 0.0948. The highest BCUT2D eigenvalue weighted by atomic mass is 16.3. The third kappa shape index (κ3) is 3.70. The lowest BCUT2D eigenvalue weighted by Crippen LogP contribution is -2.33. The van der Waals surface area contributed by atoms with E-state index in [1.807, 2.05) is 0 Å². The van der Waals surface area contributed by atoms with Gasteiger partial charge in [-0.05, 0) is 56.8 Å². The summed E-state index contributed by atoms with van der Waals surface area (Å²) in [6.07, 6.45) is 3.45. The number of phenols is 1. The number of hydrogen-bond acceptors (Lipinski definition) is 3. The van der Waals surface area contributed by atoms with Gasteiger partial charge in [0.25, 0.3) is 5.91 Å². The van der Waals surface area contributed by atoms with Crippen LogP contribution in [0.3, 0.4) is 0 Å². The highest BCUT2D eigenvalue weighted by molar-refractivity contribution is 5.97. The predicted octanol–water partition coefficient (Wildman–Crippen LogP) is 1.82. The number of piperidine rings is 1. The summed E-state index contributed by atoms with van der Waals surface area (Å²) in [5.74, 6) is 0.546. The van der Waals surface area contributed by atoms with Gasteiger partial charge in [-0.1, -0.05) is 12.1 Å². The molecule has 1 saturated heterocycles. The van der Waals surface area contributed by atoms with Crippen LogP contribution in [0.15, 0.2) is 18.2 Å². The number of para-hydroxylation sites is 1. The fourth-order valence-electron chi connectivity index (χ4n) is 2.50. The molecular weight excluding hydrogens is 240 g/mol. The lowest BCUT2D eigenvalue weighted by atomic mass is 9.96. The Morgan fingerprint density at radius 1 is 1.53 bits per heavy atom. The van der Waals surface area contributed by atoms with Crippen LogP contribution in [0.25, 0.3) is 0 Å². The number of phenolic OH excluding ortho intramolecular Hbond substituents is 1. The van der Waals surface area contributed by atoms with Crippen molar-refractivity contribution in [2.24, 2.45) is 5.92 Å². The van der Waals surface area contributed by atoms with Crippen LogP contribution in [0.2, 0.25) is 0 Å². The molecule has 3 N–H and O–H groups in total. The molecule has 1 heterocycles. The molecular formula is C15H22N2O2. The fraction of sp³-hybridized carbons (Fsp3) is 0.533. The Kier molecular flexibility index (Phi) is 4.80. The van der Waals surface area contributed by atoms with Crippen molar-refractivity contribution in [3.63, 3.8) is 0 Å². The molecule has 1 aliphatic heterocycles. The average Bonchev–Trinajstić information content (AvgIpc) is 2.43. The summed E-state index contributed by atoms with van der Waals surface area (Å²) in [6, 6.07) is 5.23. The van der Waals surface area contributed by atoms with Crippen molar-refractivity contribution in [1.29, 1.82) is 0 Å². The molecule has 104 valence electrons. The fourth-order valence-corrected chi connectivity index (χ4v) is 2.50. The molecule has 0 aromatic heterocycles. The molecule has 0 aliphatic carbocycles. The van der Waals surface area contributed by atoms with Gasteiger partial charge in [-0.2, -0.15) is 0 Å². The minimum atomic E-state index is -0.190. The first-order valence-electron chi connectivity index (χ1n) is 6.96. The number of amides is 1. The van der Waals surface area contributed by atoms with E-state index in [1.54, 1.807) is 25.1 Å². The molecule has 1 unspecified atom stereocenters. The summed E-state index contributed by atoms with van der Waals surface area (Å²) in [4.78, 5) is 12.0. The van der Waals surface area contributed by atoms with Gasteiger partial charge in [-0.15, -0.1) is 0 Å². The van der Waals surface area contributed by atoms with Crippen molar-refractivity contribution in [2.45, 2.75) is 26.2 Å². The zero-order valence-electron chi connectivity index (χ0n) is 11.4. The van der Waals surface area contributed by atoms with Crippen molar-refractivity contribution in [3.8, 4) is 5.75 Å². The van der Waals surface area contributed by atoms with Crippen LogP contribution in [0.4, 0.5) is 0 Å². The number of rotatable bonds is 4. The van der Waals surface area contributed by atoms with E-state index in [2.05, 4.69) is 10.6 Å². The molecule has 1 aromatic rings. The van der Waals surface area contributed by atoms with Gasteiger partial charge < -0.3 is 15.7 Å². The van der Waals surface area contributed by atoms with Crippen LogP contribution < -0.4 is 10.6 Å². The van der Waals surface area contributed by atoms with Crippen molar-refractivity contribution >= 4 is 5.91 Å². The van der Waals surface area contributed by atoms with E-state index in [0.717, 1.165) is 25.1 Å². The first-order valence-corrected chi connectivity index (χ1v) is 6.96. The van der Waals surface area contributed by atoms with Gasteiger partial charge in [0.1, 0.15) is 5.75 Å². The van der Waals surface area contributed by atoms with Gasteiger partial charge in [0.15, 0.2) is 0 Å². The van der Waals surface area contributed by atoms with Gasteiger partial charge >= 0.3 is 0 Å². The predicted molar refractivity (Wildman–Crippen MR) is 75.4 cm³/mol. The maximum absolute atomic E-state index is 12.0. The molecule has 4 heteroatoms. The zero-order valence-corrected chi connectivity index (χ0v) is 11.4. The van der Waals surface area contributed by atoms with Gasteiger partial charge in [0.05, 0.1) is 5.56 Å². The quantitative estimate of drug-likeness (QED) is 0.775. The Balaban J connectivity index is 1.82. The number of nitrogens with one attached hydrogen (secondary N) is 2. The minimum absolute atomic E-state index is 0.0827. The van der Waals surface area contributed by atoms with E-state index in [0.29, 0.717) is 18.0 Å². The average molecular weight is 262 g/mol. The highest BCUT2D eigenvalue weighted by Crippen LogP contribution is 2.21. The van der Waals surface area contributed by atoms with Crippen LogP contribution in [0.5, 0.6) is 5.75 Å². The molecule has 0 spiro atoms. The summed E-state index contributed by atoms with van der Waals surface area (Å²) in [6.45, 7) is 4.62. The Bertz CT molecular complexity index is 440. The summed E-state index contributed by atoms with van der Waals surface area (Å²) < 4.78 is 0. The molecule has 4 nitrogen and oxygen atoms in total. The SMILES string of the molecule is Cc1cccc(C(=O)NCCC2CCCNC2)c1O. The largest absolute Gasteiger partial charge is 0.507 e. The van der Waals surface area contributed by atoms with Crippen LogP contribution in [-0.2, 0) is 0 Å². The van der Waals surface area contributed by atoms with Crippen molar-refractivity contribution in [1.82, 2.24) is 10.6 Å². The molecule has 1 amide bonds. The normalized spacial score (nSPS) is 19.1. The summed E-state index contributed by atoms with van der Waals surface area (Å²) in [5.41, 5.74) is 1.09. The van der Waals surface area contributed by atoms with Crippen LogP contribution in [0.1, 0.15) is 35.2 Å². The van der Waals surface area contributed by atoms with E-state index in [1.165, 1.54) is 12.8 Å². The molecule has 1 atom stereocenters. The smallest absolute Gasteiger partial charge is 0.255 e. The number of benzene rings is 1. The standard InChI is InChI=1S/C15H22N2O2/c1-11-4-2-6-13(14(11)18)15(19)17-9-7-12-5-3-8-16-10-12/h2,4,6,12,16,18H,3,5,7-10H2,1H3,(H,17,19). The van der Waals surface area contributed by atoms with Crippen molar-refractivity contribution < 1.29 is 9.90 Å². The van der Waals surface area contributed by atoms with E-state index in [9.17, 15) is 9.90 Å². The molecule has 2 rings (SSSR count). The molecule has 19 heavy (non-hydrogen) atoms. The molecule has 1 aromatic carbocycles. The number of aromatic hydroxyl groups is 1. The van der Waals surface area contributed by atoms with E-state index >= 15 is 0 Å². The van der Waals surface area contributed by atoms with Crippen LogP contribution in [-0.4, -0.2) is 30.6 Å².